The van der Waals surface area contributed by atoms with Crippen LogP contribution in [-0.4, -0.2) is 35.8 Å². The van der Waals surface area contributed by atoms with Crippen molar-refractivity contribution in [2.75, 3.05) is 24.7 Å². The van der Waals surface area contributed by atoms with Gasteiger partial charge in [-0.3, -0.25) is 10.0 Å². The Bertz CT molecular complexity index is 736. The van der Waals surface area contributed by atoms with Gasteiger partial charge in [0.15, 0.2) is 0 Å². The molecule has 158 valence electrons. The molecule has 0 spiro atoms. The van der Waals surface area contributed by atoms with Crippen LogP contribution >= 0.6 is 23.5 Å². The van der Waals surface area contributed by atoms with E-state index in [-0.39, 0.29) is 5.92 Å². The number of allylic oxidation sites excluding steroid dienone is 2. The first kappa shape index (κ1) is 22.4. The third kappa shape index (κ3) is 5.67. The molecule has 0 aromatic heterocycles. The molecule has 2 fully saturated rings. The number of amides is 1. The summed E-state index contributed by atoms with van der Waals surface area (Å²) in [5.74, 6) is 0.989. The number of nitrogens with one attached hydrogen (secondary N) is 1. The fraction of sp³-hybridized carbons (Fsp3) is 0.500. The molecule has 1 atom stereocenters. The Morgan fingerprint density at radius 3 is 2.45 bits per heavy atom. The topological polar surface area (TPSA) is 67.8 Å². The molecule has 0 bridgehead atoms. The van der Waals surface area contributed by atoms with E-state index in [2.05, 4.69) is 31.2 Å². The molecule has 2 saturated heterocycles. The first-order valence-electron chi connectivity index (χ1n) is 9.97. The Balaban J connectivity index is 1.82. The second-order valence-corrected chi connectivity index (χ2v) is 10.0. The van der Waals surface area contributed by atoms with Gasteiger partial charge in [0.25, 0.3) is 5.91 Å². The summed E-state index contributed by atoms with van der Waals surface area (Å²) in [6.07, 6.45) is 7.15. The molecule has 1 aromatic rings. The van der Waals surface area contributed by atoms with Crippen molar-refractivity contribution in [2.45, 2.75) is 37.1 Å². The second-order valence-electron chi connectivity index (χ2n) is 7.28. The predicted octanol–water partition coefficient (Wildman–Crippen LogP) is 4.79. The maximum atomic E-state index is 11.2. The quantitative estimate of drug-likeness (QED) is 0.290. The molecule has 0 saturated carbocycles. The Morgan fingerprint density at radius 2 is 1.83 bits per heavy atom. The van der Waals surface area contributed by atoms with E-state index >= 15 is 0 Å². The zero-order valence-electron chi connectivity index (χ0n) is 16.9. The minimum absolute atomic E-state index is 0.0612. The lowest BCUT2D eigenvalue weighted by atomic mass is 9.89. The molecule has 7 heteroatoms. The van der Waals surface area contributed by atoms with Crippen LogP contribution in [0.3, 0.4) is 0 Å². The van der Waals surface area contributed by atoms with Crippen LogP contribution < -0.4 is 5.48 Å². The maximum absolute atomic E-state index is 11.2. The normalized spacial score (nSPS) is 21.8. The lowest BCUT2D eigenvalue weighted by Gasteiger charge is -2.41. The first-order chi connectivity index (χ1) is 14.0. The average Bonchev–Trinajstić information content (AvgIpc) is 2.78. The predicted molar refractivity (Wildman–Crippen MR) is 119 cm³/mol. The van der Waals surface area contributed by atoms with Gasteiger partial charge in [0.1, 0.15) is 0 Å². The highest BCUT2D eigenvalue weighted by Crippen LogP contribution is 2.45. The third-order valence-electron chi connectivity index (χ3n) is 5.05. The number of carbonyl (C=O) groups excluding carboxylic acids is 1. The summed E-state index contributed by atoms with van der Waals surface area (Å²) in [6, 6.07) is 8.66. The van der Waals surface area contributed by atoms with Crippen molar-refractivity contribution in [1.82, 2.24) is 5.48 Å². The lowest BCUT2D eigenvalue weighted by molar-refractivity contribution is -0.294. The van der Waals surface area contributed by atoms with E-state index in [0.29, 0.717) is 17.8 Å². The zero-order chi connectivity index (χ0) is 20.7. The zero-order valence-corrected chi connectivity index (χ0v) is 18.6. The summed E-state index contributed by atoms with van der Waals surface area (Å²) in [5.41, 5.74) is 4.84. The van der Waals surface area contributed by atoms with Crippen LogP contribution in [-0.2, 0) is 20.1 Å². The molecule has 2 N–H and O–H groups in total. The summed E-state index contributed by atoms with van der Waals surface area (Å²) in [6.45, 7) is 5.27. The molecule has 5 nitrogen and oxygen atoms in total. The van der Waals surface area contributed by atoms with E-state index in [1.165, 1.54) is 29.6 Å². The molecule has 1 aromatic carbocycles. The number of thioether (sulfide) groups is 2. The number of carbonyl (C=O) groups is 1. The number of rotatable bonds is 6. The summed E-state index contributed by atoms with van der Waals surface area (Å²) in [5, 5.41) is 8.63. The maximum Gasteiger partial charge on any atom is 0.267 e. The molecule has 0 unspecified atom stereocenters. The van der Waals surface area contributed by atoms with Crippen molar-refractivity contribution < 1.29 is 19.5 Å². The highest BCUT2D eigenvalue weighted by Gasteiger charge is 2.41. The van der Waals surface area contributed by atoms with Crippen molar-refractivity contribution in [3.05, 3.63) is 59.2 Å². The molecule has 3 rings (SSSR count). The fourth-order valence-electron chi connectivity index (χ4n) is 3.60. The van der Waals surface area contributed by atoms with E-state index in [0.717, 1.165) is 17.6 Å². The largest absolute Gasteiger partial charge is 0.345 e. The summed E-state index contributed by atoms with van der Waals surface area (Å²) < 4.78 is 13.0. The highest BCUT2D eigenvalue weighted by atomic mass is 32.2. The van der Waals surface area contributed by atoms with Gasteiger partial charge in [0.2, 0.25) is 5.79 Å². The molecule has 2 aliphatic rings. The van der Waals surface area contributed by atoms with Crippen molar-refractivity contribution in [3.8, 4) is 0 Å². The van der Waals surface area contributed by atoms with E-state index in [1.807, 2.05) is 36.5 Å². The smallest absolute Gasteiger partial charge is 0.267 e. The molecular formula is C22H29NO4S2. The monoisotopic (exact) mass is 435 g/mol. The summed E-state index contributed by atoms with van der Waals surface area (Å²) in [7, 11) is 0. The summed E-state index contributed by atoms with van der Waals surface area (Å²) in [4.78, 5) is 11.2. The minimum atomic E-state index is -0.835. The first-order valence-corrected chi connectivity index (χ1v) is 12.1. The van der Waals surface area contributed by atoms with Gasteiger partial charge in [0.05, 0.1) is 17.8 Å². The van der Waals surface area contributed by atoms with Crippen molar-refractivity contribution in [3.63, 3.8) is 0 Å². The van der Waals surface area contributed by atoms with Gasteiger partial charge in [-0.15, -0.1) is 23.5 Å². The fourth-order valence-corrected chi connectivity index (χ4v) is 6.49. The van der Waals surface area contributed by atoms with Crippen LogP contribution in [0.25, 0.3) is 0 Å². The van der Waals surface area contributed by atoms with E-state index < -0.39 is 11.7 Å². The molecule has 0 radical (unpaired) electrons. The van der Waals surface area contributed by atoms with Crippen LogP contribution in [0.5, 0.6) is 0 Å². The average molecular weight is 436 g/mol. The van der Waals surface area contributed by atoms with Gasteiger partial charge in [-0.05, 0) is 36.8 Å². The molecule has 2 aliphatic heterocycles. The number of benzene rings is 1. The second kappa shape index (κ2) is 10.7. The standard InChI is InChI=1S/C22H29NO4S2/c1-16(5-10-20(24)23-25)15-17(2)22(26-11-3-12-27-22)19-8-6-18(7-9-19)21-28-13-4-14-29-21/h5-10,15,17,21,25H,3-4,11-14H2,1-2H3,(H,23,24)/b10-5+,16-15+/t17-/m1/s1. The van der Waals surface area contributed by atoms with Crippen LogP contribution in [0.4, 0.5) is 0 Å². The molecular weight excluding hydrogens is 406 g/mol. The van der Waals surface area contributed by atoms with Crippen molar-refractivity contribution in [2.24, 2.45) is 5.92 Å². The van der Waals surface area contributed by atoms with Crippen molar-refractivity contribution >= 4 is 29.4 Å². The number of ether oxygens (including phenoxy) is 2. The molecule has 2 heterocycles. The Morgan fingerprint density at radius 1 is 1.17 bits per heavy atom. The Labute approximate surface area is 181 Å². The minimum Gasteiger partial charge on any atom is -0.345 e. The van der Waals surface area contributed by atoms with E-state index in [4.69, 9.17) is 14.7 Å². The Hall–Kier alpha value is -1.25. The van der Waals surface area contributed by atoms with Gasteiger partial charge < -0.3 is 9.47 Å². The number of hydroxylamine groups is 1. The van der Waals surface area contributed by atoms with Gasteiger partial charge in [0, 0.05) is 17.6 Å². The molecule has 1 amide bonds. The summed E-state index contributed by atoms with van der Waals surface area (Å²) >= 11 is 4.03. The van der Waals surface area contributed by atoms with Gasteiger partial charge in [-0.25, -0.2) is 5.48 Å². The lowest BCUT2D eigenvalue weighted by Crippen LogP contribution is -2.43. The Kier molecular flexibility index (Phi) is 8.26. The van der Waals surface area contributed by atoms with Gasteiger partial charge in [-0.2, -0.15) is 0 Å². The highest BCUT2D eigenvalue weighted by molar-refractivity contribution is 8.16. The number of hydrogen-bond donors (Lipinski definition) is 2. The SMILES string of the molecule is CC(/C=C/C(=O)NO)=C\[C@@H](C)C1(c2ccc(C3SCCCS3)cc2)OCCCO1. The van der Waals surface area contributed by atoms with E-state index in [1.54, 1.807) is 11.6 Å². The van der Waals surface area contributed by atoms with Gasteiger partial charge >= 0.3 is 0 Å². The van der Waals surface area contributed by atoms with Crippen LogP contribution in [0.1, 0.15) is 42.4 Å². The third-order valence-corrected chi connectivity index (χ3v) is 8.07. The molecule has 29 heavy (non-hydrogen) atoms. The van der Waals surface area contributed by atoms with E-state index in [9.17, 15) is 4.79 Å². The van der Waals surface area contributed by atoms with Crippen molar-refractivity contribution in [1.29, 1.82) is 0 Å². The van der Waals surface area contributed by atoms with Crippen LogP contribution in [0.2, 0.25) is 0 Å². The number of hydrogen-bond acceptors (Lipinski definition) is 6. The van der Waals surface area contributed by atoms with Gasteiger partial charge in [-0.1, -0.05) is 48.9 Å². The van der Waals surface area contributed by atoms with Crippen LogP contribution in [0, 0.1) is 5.92 Å². The molecule has 0 aliphatic carbocycles. The van der Waals surface area contributed by atoms with Crippen LogP contribution in [0.15, 0.2) is 48.1 Å².